The van der Waals surface area contributed by atoms with Crippen molar-refractivity contribution in [2.45, 2.75) is 32.9 Å². The predicted molar refractivity (Wildman–Crippen MR) is 84.9 cm³/mol. The van der Waals surface area contributed by atoms with Crippen LogP contribution in [0.4, 0.5) is 0 Å². The van der Waals surface area contributed by atoms with Gasteiger partial charge < -0.3 is 10.5 Å². The Bertz CT molecular complexity index is 624. The van der Waals surface area contributed by atoms with Crippen LogP contribution in [-0.2, 0) is 11.3 Å². The summed E-state index contributed by atoms with van der Waals surface area (Å²) in [5.41, 5.74) is 9.06. The number of benzene rings is 2. The summed E-state index contributed by atoms with van der Waals surface area (Å²) in [7, 11) is 0. The number of nitrogens with two attached hydrogens (primary N) is 1. The van der Waals surface area contributed by atoms with E-state index in [0.717, 1.165) is 16.7 Å². The van der Waals surface area contributed by atoms with Crippen molar-refractivity contribution >= 4 is 5.97 Å². The maximum Gasteiger partial charge on any atom is 0.338 e. The van der Waals surface area contributed by atoms with Gasteiger partial charge in [-0.25, -0.2) is 4.79 Å². The molecule has 0 aliphatic carbocycles. The van der Waals surface area contributed by atoms with E-state index in [9.17, 15) is 4.79 Å². The highest BCUT2D eigenvalue weighted by molar-refractivity contribution is 5.90. The zero-order valence-electron chi connectivity index (χ0n) is 12.7. The van der Waals surface area contributed by atoms with Crippen LogP contribution in [0, 0.1) is 0 Å². The Morgan fingerprint density at radius 3 is 2.24 bits per heavy atom. The monoisotopic (exact) mass is 283 g/mol. The average Bonchev–Trinajstić information content (AvgIpc) is 2.45. The molecule has 2 rings (SSSR count). The molecule has 21 heavy (non-hydrogen) atoms. The summed E-state index contributed by atoms with van der Waals surface area (Å²) in [6.45, 7) is 6.06. The molecule has 0 saturated carbocycles. The first-order chi connectivity index (χ1) is 9.90. The Morgan fingerprint density at radius 2 is 1.67 bits per heavy atom. The molecular formula is C18H21NO2. The number of esters is 1. The topological polar surface area (TPSA) is 52.3 Å². The first kappa shape index (κ1) is 15.3. The van der Waals surface area contributed by atoms with Crippen LogP contribution in [0.3, 0.4) is 0 Å². The van der Waals surface area contributed by atoms with Gasteiger partial charge in [-0.15, -0.1) is 0 Å². The second kappa shape index (κ2) is 6.10. The summed E-state index contributed by atoms with van der Waals surface area (Å²) < 4.78 is 5.36. The molecule has 0 saturated heterocycles. The number of hydrogen-bond acceptors (Lipinski definition) is 3. The fourth-order valence-corrected chi connectivity index (χ4v) is 2.10. The minimum absolute atomic E-state index is 0.304. The van der Waals surface area contributed by atoms with Crippen LogP contribution >= 0.6 is 0 Å². The van der Waals surface area contributed by atoms with Gasteiger partial charge in [0.25, 0.3) is 0 Å². The number of carbonyl (C=O) groups is 1. The maximum absolute atomic E-state index is 12.0. The molecule has 2 aromatic carbocycles. The van der Waals surface area contributed by atoms with Crippen LogP contribution in [0.5, 0.6) is 0 Å². The molecule has 2 aromatic rings. The first-order valence-corrected chi connectivity index (χ1v) is 7.02. The first-order valence-electron chi connectivity index (χ1n) is 7.02. The van der Waals surface area contributed by atoms with Crippen molar-refractivity contribution in [1.29, 1.82) is 0 Å². The van der Waals surface area contributed by atoms with Crippen LogP contribution < -0.4 is 5.73 Å². The van der Waals surface area contributed by atoms with Crippen molar-refractivity contribution in [2.24, 2.45) is 5.73 Å². The average molecular weight is 283 g/mol. The van der Waals surface area contributed by atoms with Crippen molar-refractivity contribution in [3.8, 4) is 11.1 Å². The SMILES string of the molecule is CC(C)(C)OC(=O)c1ccc(-c2ccccc2CN)cc1. The molecule has 0 aromatic heterocycles. The summed E-state index contributed by atoms with van der Waals surface area (Å²) >= 11 is 0. The highest BCUT2D eigenvalue weighted by Crippen LogP contribution is 2.24. The molecule has 0 heterocycles. The van der Waals surface area contributed by atoms with Crippen molar-refractivity contribution in [2.75, 3.05) is 0 Å². The van der Waals surface area contributed by atoms with E-state index < -0.39 is 5.60 Å². The Labute approximate surface area is 125 Å². The number of rotatable bonds is 3. The molecule has 3 heteroatoms. The van der Waals surface area contributed by atoms with E-state index in [2.05, 4.69) is 0 Å². The minimum Gasteiger partial charge on any atom is -0.456 e. The van der Waals surface area contributed by atoms with Gasteiger partial charge >= 0.3 is 5.97 Å². The van der Waals surface area contributed by atoms with E-state index >= 15 is 0 Å². The number of carbonyl (C=O) groups excluding carboxylic acids is 1. The molecule has 0 bridgehead atoms. The lowest BCUT2D eigenvalue weighted by atomic mass is 9.99. The molecule has 2 N–H and O–H groups in total. The largest absolute Gasteiger partial charge is 0.456 e. The van der Waals surface area contributed by atoms with E-state index in [4.69, 9.17) is 10.5 Å². The molecule has 110 valence electrons. The molecule has 0 atom stereocenters. The van der Waals surface area contributed by atoms with E-state index in [1.807, 2.05) is 57.2 Å². The molecule has 0 unspecified atom stereocenters. The van der Waals surface area contributed by atoms with Gasteiger partial charge in [0.1, 0.15) is 5.60 Å². The third-order valence-corrected chi connectivity index (χ3v) is 3.07. The van der Waals surface area contributed by atoms with Crippen molar-refractivity contribution in [1.82, 2.24) is 0 Å². The van der Waals surface area contributed by atoms with Gasteiger partial charge in [-0.05, 0) is 49.6 Å². The molecule has 0 aliphatic rings. The van der Waals surface area contributed by atoms with Gasteiger partial charge in [0.15, 0.2) is 0 Å². The summed E-state index contributed by atoms with van der Waals surface area (Å²) in [5, 5.41) is 0. The Balaban J connectivity index is 2.25. The summed E-state index contributed by atoms with van der Waals surface area (Å²) in [5.74, 6) is -0.304. The van der Waals surface area contributed by atoms with Crippen LogP contribution in [0.1, 0.15) is 36.7 Å². The van der Waals surface area contributed by atoms with E-state index in [-0.39, 0.29) is 5.97 Å². The molecule has 0 aliphatic heterocycles. The highest BCUT2D eigenvalue weighted by atomic mass is 16.6. The fraction of sp³-hybridized carbons (Fsp3) is 0.278. The lowest BCUT2D eigenvalue weighted by molar-refractivity contribution is 0.00696. The smallest absolute Gasteiger partial charge is 0.338 e. The molecule has 0 radical (unpaired) electrons. The Morgan fingerprint density at radius 1 is 1.05 bits per heavy atom. The quantitative estimate of drug-likeness (QED) is 0.872. The highest BCUT2D eigenvalue weighted by Gasteiger charge is 2.17. The van der Waals surface area contributed by atoms with Crippen molar-refractivity contribution < 1.29 is 9.53 Å². The van der Waals surface area contributed by atoms with E-state index in [1.54, 1.807) is 12.1 Å². The number of ether oxygens (including phenoxy) is 1. The van der Waals surface area contributed by atoms with Gasteiger partial charge in [-0.3, -0.25) is 0 Å². The zero-order valence-corrected chi connectivity index (χ0v) is 12.7. The van der Waals surface area contributed by atoms with Crippen molar-refractivity contribution in [3.63, 3.8) is 0 Å². The molecule has 0 amide bonds. The standard InChI is InChI=1S/C18H21NO2/c1-18(2,3)21-17(20)14-10-8-13(9-11-14)16-7-5-4-6-15(16)12-19/h4-11H,12,19H2,1-3H3. The molecule has 3 nitrogen and oxygen atoms in total. The van der Waals surface area contributed by atoms with Gasteiger partial charge in [0.05, 0.1) is 5.56 Å². The van der Waals surface area contributed by atoms with Gasteiger partial charge in [-0.1, -0.05) is 36.4 Å². The molecular weight excluding hydrogens is 262 g/mol. The lowest BCUT2D eigenvalue weighted by Gasteiger charge is -2.19. The second-order valence-corrected chi connectivity index (χ2v) is 5.94. The third kappa shape index (κ3) is 3.92. The minimum atomic E-state index is -0.484. The summed E-state index contributed by atoms with van der Waals surface area (Å²) in [6.07, 6.45) is 0. The normalized spacial score (nSPS) is 11.2. The molecule has 0 fully saturated rings. The van der Waals surface area contributed by atoms with E-state index in [0.29, 0.717) is 12.1 Å². The lowest BCUT2D eigenvalue weighted by Crippen LogP contribution is -2.23. The summed E-state index contributed by atoms with van der Waals surface area (Å²) in [6, 6.07) is 15.4. The van der Waals surface area contributed by atoms with Crippen LogP contribution in [0.15, 0.2) is 48.5 Å². The van der Waals surface area contributed by atoms with Gasteiger partial charge in [0, 0.05) is 6.54 Å². The molecule has 0 spiro atoms. The Hall–Kier alpha value is -2.13. The Kier molecular flexibility index (Phi) is 4.43. The fourth-order valence-electron chi connectivity index (χ4n) is 2.10. The van der Waals surface area contributed by atoms with Gasteiger partial charge in [-0.2, -0.15) is 0 Å². The van der Waals surface area contributed by atoms with Crippen molar-refractivity contribution in [3.05, 3.63) is 59.7 Å². The van der Waals surface area contributed by atoms with Crippen LogP contribution in [-0.4, -0.2) is 11.6 Å². The van der Waals surface area contributed by atoms with Gasteiger partial charge in [0.2, 0.25) is 0 Å². The summed E-state index contributed by atoms with van der Waals surface area (Å²) in [4.78, 5) is 12.0. The van der Waals surface area contributed by atoms with E-state index in [1.165, 1.54) is 0 Å². The number of hydrogen-bond donors (Lipinski definition) is 1. The maximum atomic E-state index is 12.0. The zero-order chi connectivity index (χ0) is 15.5. The predicted octanol–water partition coefficient (Wildman–Crippen LogP) is 3.77. The van der Waals surface area contributed by atoms with Crippen LogP contribution in [0.25, 0.3) is 11.1 Å². The van der Waals surface area contributed by atoms with Crippen LogP contribution in [0.2, 0.25) is 0 Å². The third-order valence-electron chi connectivity index (χ3n) is 3.07. The second-order valence-electron chi connectivity index (χ2n) is 5.94.